The maximum absolute atomic E-state index is 11.1. The Balaban J connectivity index is 2.58. The Morgan fingerprint density at radius 3 is 3.00 bits per heavy atom. The minimum absolute atomic E-state index is 0.329. The zero-order chi connectivity index (χ0) is 12.4. The molecule has 0 saturated heterocycles. The predicted octanol–water partition coefficient (Wildman–Crippen LogP) is 1.75. The van der Waals surface area contributed by atoms with Crippen LogP contribution in [0.3, 0.4) is 0 Å². The lowest BCUT2D eigenvalue weighted by Crippen LogP contribution is -2.01. The monoisotopic (exact) mass is 269 g/mol. The van der Waals surface area contributed by atoms with E-state index in [1.54, 1.807) is 6.92 Å². The number of aromatic carboxylic acids is 1. The van der Waals surface area contributed by atoms with Gasteiger partial charge in [-0.3, -0.25) is 0 Å². The van der Waals surface area contributed by atoms with Crippen molar-refractivity contribution >= 4 is 39.3 Å². The molecule has 0 unspecified atom stereocenters. The summed E-state index contributed by atoms with van der Waals surface area (Å²) in [7, 11) is 0. The average molecular weight is 269 g/mol. The van der Waals surface area contributed by atoms with E-state index in [1.807, 2.05) is 0 Å². The molecule has 2 rings (SSSR count). The summed E-state index contributed by atoms with van der Waals surface area (Å²) < 4.78 is 0. The first-order chi connectivity index (χ1) is 8.15. The quantitative estimate of drug-likeness (QED) is 0.649. The first kappa shape index (κ1) is 12.3. The van der Waals surface area contributed by atoms with Gasteiger partial charge in [0.05, 0.1) is 0 Å². The molecule has 0 aliphatic heterocycles. The van der Waals surface area contributed by atoms with Crippen LogP contribution < -0.4 is 5.73 Å². The van der Waals surface area contributed by atoms with Crippen LogP contribution in [0.2, 0.25) is 0 Å². The highest BCUT2D eigenvalue weighted by molar-refractivity contribution is 7.99. The summed E-state index contributed by atoms with van der Waals surface area (Å²) in [6.07, 6.45) is 1.46. The van der Waals surface area contributed by atoms with Gasteiger partial charge in [-0.25, -0.2) is 14.8 Å². The Kier molecular flexibility index (Phi) is 3.60. The number of nitrogens with two attached hydrogens (primary N) is 1. The van der Waals surface area contributed by atoms with Crippen molar-refractivity contribution in [3.05, 3.63) is 16.8 Å². The van der Waals surface area contributed by atoms with Gasteiger partial charge >= 0.3 is 5.97 Å². The van der Waals surface area contributed by atoms with Crippen LogP contribution in [0.1, 0.15) is 15.2 Å². The lowest BCUT2D eigenvalue weighted by Gasteiger charge is -2.01. The average Bonchev–Trinajstić information content (AvgIpc) is 2.65. The molecule has 0 atom stereocenters. The normalized spacial score (nSPS) is 10.9. The maximum atomic E-state index is 11.1. The summed E-state index contributed by atoms with van der Waals surface area (Å²) in [4.78, 5) is 20.4. The molecule has 0 bridgehead atoms. The first-order valence-electron chi connectivity index (χ1n) is 4.95. The van der Waals surface area contributed by atoms with Gasteiger partial charge in [-0.05, 0) is 12.5 Å². The summed E-state index contributed by atoms with van der Waals surface area (Å²) in [6.45, 7) is 2.35. The molecule has 17 heavy (non-hydrogen) atoms. The van der Waals surface area contributed by atoms with Gasteiger partial charge in [0.1, 0.15) is 21.1 Å². The van der Waals surface area contributed by atoms with Gasteiger partial charge in [0, 0.05) is 17.7 Å². The number of thiophene rings is 1. The summed E-state index contributed by atoms with van der Waals surface area (Å²) in [5.41, 5.74) is 6.19. The number of hydrogen-bond acceptors (Lipinski definition) is 6. The molecule has 0 aromatic carbocycles. The van der Waals surface area contributed by atoms with Gasteiger partial charge in [0.2, 0.25) is 0 Å². The first-order valence-corrected chi connectivity index (χ1v) is 6.75. The Hall–Kier alpha value is -1.18. The van der Waals surface area contributed by atoms with E-state index in [1.165, 1.54) is 29.4 Å². The highest BCUT2D eigenvalue weighted by Gasteiger charge is 2.18. The van der Waals surface area contributed by atoms with Gasteiger partial charge in [0.15, 0.2) is 0 Å². The molecule has 0 aliphatic rings. The Morgan fingerprint density at radius 1 is 1.59 bits per heavy atom. The molecule has 0 amide bonds. The number of rotatable bonds is 4. The molecular formula is C10H11N3O2S2. The van der Waals surface area contributed by atoms with E-state index in [9.17, 15) is 4.79 Å². The molecule has 2 heterocycles. The van der Waals surface area contributed by atoms with Crippen LogP contribution in [0.25, 0.3) is 10.2 Å². The number of carboxylic acid groups (broad SMARTS) is 1. The van der Waals surface area contributed by atoms with Gasteiger partial charge in [0.25, 0.3) is 0 Å². The predicted molar refractivity (Wildman–Crippen MR) is 68.9 cm³/mol. The van der Waals surface area contributed by atoms with Crippen LogP contribution in [0.15, 0.2) is 11.4 Å². The zero-order valence-corrected chi connectivity index (χ0v) is 10.8. The van der Waals surface area contributed by atoms with Crippen molar-refractivity contribution in [2.24, 2.45) is 5.73 Å². The van der Waals surface area contributed by atoms with E-state index >= 15 is 0 Å². The van der Waals surface area contributed by atoms with Crippen molar-refractivity contribution in [3.63, 3.8) is 0 Å². The lowest BCUT2D eigenvalue weighted by molar-refractivity contribution is 0.0701. The minimum Gasteiger partial charge on any atom is -0.477 e. The van der Waals surface area contributed by atoms with E-state index in [-0.39, 0.29) is 0 Å². The molecule has 0 saturated carbocycles. The SMILES string of the molecule is Cc1c(C(=O)O)sc2ncnc(SCCN)c12. The summed E-state index contributed by atoms with van der Waals surface area (Å²) in [6, 6.07) is 0. The van der Waals surface area contributed by atoms with Crippen molar-refractivity contribution in [1.82, 2.24) is 9.97 Å². The number of thioether (sulfide) groups is 1. The number of hydrogen-bond donors (Lipinski definition) is 2. The third-order valence-corrected chi connectivity index (χ3v) is 4.45. The summed E-state index contributed by atoms with van der Waals surface area (Å²) in [5, 5.41) is 10.7. The van der Waals surface area contributed by atoms with E-state index in [4.69, 9.17) is 10.8 Å². The Labute approximate surface area is 106 Å². The third kappa shape index (κ3) is 2.26. The Morgan fingerprint density at radius 2 is 2.35 bits per heavy atom. The molecule has 0 fully saturated rings. The highest BCUT2D eigenvalue weighted by atomic mass is 32.2. The van der Waals surface area contributed by atoms with Crippen LogP contribution in [0.5, 0.6) is 0 Å². The number of carboxylic acids is 1. The van der Waals surface area contributed by atoms with Gasteiger partial charge < -0.3 is 10.8 Å². The maximum Gasteiger partial charge on any atom is 0.346 e. The lowest BCUT2D eigenvalue weighted by atomic mass is 10.2. The smallest absolute Gasteiger partial charge is 0.346 e. The topological polar surface area (TPSA) is 89.1 Å². The fourth-order valence-corrected chi connectivity index (χ4v) is 3.39. The molecule has 0 spiro atoms. The number of aromatic nitrogens is 2. The number of carbonyl (C=O) groups is 1. The van der Waals surface area contributed by atoms with Crippen molar-refractivity contribution in [2.45, 2.75) is 11.9 Å². The second-order valence-corrected chi connectivity index (χ2v) is 5.44. The minimum atomic E-state index is -0.916. The second kappa shape index (κ2) is 4.99. The van der Waals surface area contributed by atoms with Gasteiger partial charge in [-0.15, -0.1) is 23.1 Å². The largest absolute Gasteiger partial charge is 0.477 e. The van der Waals surface area contributed by atoms with E-state index in [0.717, 1.165) is 26.6 Å². The van der Waals surface area contributed by atoms with Crippen molar-refractivity contribution in [1.29, 1.82) is 0 Å². The molecule has 2 aromatic rings. The fraction of sp³-hybridized carbons (Fsp3) is 0.300. The standard InChI is InChI=1S/C10H11N3O2S2/c1-5-6-8(16-3-2-11)12-4-13-9(6)17-7(5)10(14)15/h4H,2-3,11H2,1H3,(H,14,15). The van der Waals surface area contributed by atoms with E-state index in [2.05, 4.69) is 9.97 Å². The van der Waals surface area contributed by atoms with Crippen LogP contribution >= 0.6 is 23.1 Å². The number of fused-ring (bicyclic) bond motifs is 1. The third-order valence-electron chi connectivity index (χ3n) is 2.24. The highest BCUT2D eigenvalue weighted by Crippen LogP contribution is 2.34. The number of aryl methyl sites for hydroxylation is 1. The van der Waals surface area contributed by atoms with Crippen LogP contribution in [0, 0.1) is 6.92 Å². The van der Waals surface area contributed by atoms with Crippen LogP contribution in [-0.2, 0) is 0 Å². The molecule has 5 nitrogen and oxygen atoms in total. The molecule has 2 aromatic heterocycles. The fourth-order valence-electron chi connectivity index (χ4n) is 1.51. The van der Waals surface area contributed by atoms with E-state index < -0.39 is 5.97 Å². The second-order valence-electron chi connectivity index (χ2n) is 3.36. The Bertz CT molecular complexity index is 568. The molecule has 90 valence electrons. The van der Waals surface area contributed by atoms with E-state index in [0.29, 0.717) is 11.4 Å². The van der Waals surface area contributed by atoms with Gasteiger partial charge in [-0.2, -0.15) is 0 Å². The molecule has 0 aliphatic carbocycles. The van der Waals surface area contributed by atoms with Gasteiger partial charge in [-0.1, -0.05) is 0 Å². The zero-order valence-electron chi connectivity index (χ0n) is 9.14. The molecular weight excluding hydrogens is 258 g/mol. The summed E-state index contributed by atoms with van der Waals surface area (Å²) >= 11 is 2.71. The van der Waals surface area contributed by atoms with Crippen molar-refractivity contribution in [2.75, 3.05) is 12.3 Å². The molecule has 7 heteroatoms. The molecule has 3 N–H and O–H groups in total. The molecule has 0 radical (unpaired) electrons. The van der Waals surface area contributed by atoms with Crippen LogP contribution in [-0.4, -0.2) is 33.3 Å². The summed E-state index contributed by atoms with van der Waals surface area (Å²) in [5.74, 6) is -0.163. The van der Waals surface area contributed by atoms with Crippen molar-refractivity contribution in [3.8, 4) is 0 Å². The van der Waals surface area contributed by atoms with Crippen LogP contribution in [0.4, 0.5) is 0 Å². The number of nitrogens with zero attached hydrogens (tertiary/aromatic N) is 2. The van der Waals surface area contributed by atoms with Crippen molar-refractivity contribution < 1.29 is 9.90 Å².